The van der Waals surface area contributed by atoms with Gasteiger partial charge >= 0.3 is 5.69 Å². The molecule has 126 valence electrons. The SMILES string of the molecule is CC.Cc1ccc(-n2c(-c3cc(C)c(O)cc3O)n[nH]c2=O)cc1. The van der Waals surface area contributed by atoms with Crippen LogP contribution < -0.4 is 5.69 Å². The number of H-pyrrole nitrogens is 1. The second-order valence-electron chi connectivity index (χ2n) is 5.18. The number of hydrogen-bond acceptors (Lipinski definition) is 4. The molecule has 0 saturated heterocycles. The average Bonchev–Trinajstić information content (AvgIpc) is 2.95. The van der Waals surface area contributed by atoms with E-state index in [1.807, 2.05) is 32.9 Å². The zero-order valence-corrected chi connectivity index (χ0v) is 14.2. The van der Waals surface area contributed by atoms with Gasteiger partial charge in [0.15, 0.2) is 5.82 Å². The Morgan fingerprint density at radius 2 is 1.62 bits per heavy atom. The van der Waals surface area contributed by atoms with E-state index in [4.69, 9.17) is 0 Å². The first-order valence-electron chi connectivity index (χ1n) is 7.75. The fourth-order valence-electron chi connectivity index (χ4n) is 2.28. The van der Waals surface area contributed by atoms with Crippen molar-refractivity contribution in [3.05, 3.63) is 58.0 Å². The summed E-state index contributed by atoms with van der Waals surface area (Å²) >= 11 is 0. The number of aryl methyl sites for hydroxylation is 2. The molecule has 1 aromatic heterocycles. The lowest BCUT2D eigenvalue weighted by atomic mass is 10.1. The van der Waals surface area contributed by atoms with E-state index in [1.165, 1.54) is 10.6 Å². The minimum atomic E-state index is -0.399. The van der Waals surface area contributed by atoms with Crippen molar-refractivity contribution in [3.63, 3.8) is 0 Å². The van der Waals surface area contributed by atoms with E-state index in [0.717, 1.165) is 5.56 Å². The highest BCUT2D eigenvalue weighted by Gasteiger charge is 2.17. The summed E-state index contributed by atoms with van der Waals surface area (Å²) in [5, 5.41) is 26.1. The van der Waals surface area contributed by atoms with Gasteiger partial charge in [0.2, 0.25) is 0 Å². The molecule has 0 aliphatic heterocycles. The van der Waals surface area contributed by atoms with E-state index < -0.39 is 5.69 Å². The van der Waals surface area contributed by atoms with Crippen LogP contribution in [0.4, 0.5) is 0 Å². The predicted molar refractivity (Wildman–Crippen MR) is 93.8 cm³/mol. The summed E-state index contributed by atoms with van der Waals surface area (Å²) in [5.41, 5.74) is 2.27. The van der Waals surface area contributed by atoms with Crippen LogP contribution in [-0.2, 0) is 0 Å². The maximum Gasteiger partial charge on any atom is 0.348 e. The van der Waals surface area contributed by atoms with Gasteiger partial charge in [0, 0.05) is 6.07 Å². The first-order chi connectivity index (χ1) is 11.5. The number of phenolic OH excluding ortho intramolecular Hbond substituents is 2. The third-order valence-electron chi connectivity index (χ3n) is 3.52. The summed E-state index contributed by atoms with van der Waals surface area (Å²) in [6.45, 7) is 7.66. The lowest BCUT2D eigenvalue weighted by molar-refractivity contribution is 0.449. The van der Waals surface area contributed by atoms with Gasteiger partial charge in [0.05, 0.1) is 11.3 Å². The molecule has 3 aromatic rings. The molecule has 6 nitrogen and oxygen atoms in total. The van der Waals surface area contributed by atoms with E-state index in [2.05, 4.69) is 10.2 Å². The minimum Gasteiger partial charge on any atom is -0.508 e. The largest absolute Gasteiger partial charge is 0.508 e. The Morgan fingerprint density at radius 1 is 1.00 bits per heavy atom. The fourth-order valence-corrected chi connectivity index (χ4v) is 2.28. The zero-order valence-electron chi connectivity index (χ0n) is 14.2. The third-order valence-corrected chi connectivity index (χ3v) is 3.52. The molecular formula is C18H21N3O3. The highest BCUT2D eigenvalue weighted by atomic mass is 16.3. The maximum atomic E-state index is 12.1. The number of nitrogens with one attached hydrogen (secondary N) is 1. The van der Waals surface area contributed by atoms with Gasteiger partial charge in [-0.25, -0.2) is 14.5 Å². The second-order valence-corrected chi connectivity index (χ2v) is 5.18. The van der Waals surface area contributed by atoms with Gasteiger partial charge < -0.3 is 10.2 Å². The van der Waals surface area contributed by atoms with Crippen LogP contribution in [0, 0.1) is 13.8 Å². The molecule has 1 heterocycles. The van der Waals surface area contributed by atoms with E-state index in [-0.39, 0.29) is 17.3 Å². The van der Waals surface area contributed by atoms with Crippen molar-refractivity contribution in [3.8, 4) is 28.6 Å². The normalized spacial score (nSPS) is 10.2. The van der Waals surface area contributed by atoms with Crippen molar-refractivity contribution in [1.29, 1.82) is 0 Å². The number of hydrogen-bond donors (Lipinski definition) is 3. The van der Waals surface area contributed by atoms with Crippen LogP contribution in [0.25, 0.3) is 17.1 Å². The van der Waals surface area contributed by atoms with Crippen LogP contribution in [0.3, 0.4) is 0 Å². The molecule has 24 heavy (non-hydrogen) atoms. The summed E-state index contributed by atoms with van der Waals surface area (Å²) in [5.74, 6) is 0.130. The molecule has 0 aliphatic rings. The predicted octanol–water partition coefficient (Wildman–Crippen LogP) is 3.28. The average molecular weight is 327 g/mol. The molecular weight excluding hydrogens is 306 g/mol. The molecule has 3 N–H and O–H groups in total. The molecule has 0 saturated carbocycles. The Bertz CT molecular complexity index is 893. The number of aromatic hydroxyl groups is 2. The van der Waals surface area contributed by atoms with Crippen LogP contribution in [0.2, 0.25) is 0 Å². The Kier molecular flexibility index (Phi) is 5.08. The van der Waals surface area contributed by atoms with Crippen molar-refractivity contribution >= 4 is 0 Å². The maximum absolute atomic E-state index is 12.1. The molecule has 0 spiro atoms. The molecule has 0 amide bonds. The van der Waals surface area contributed by atoms with Crippen molar-refractivity contribution in [1.82, 2.24) is 14.8 Å². The summed E-state index contributed by atoms with van der Waals surface area (Å²) < 4.78 is 1.38. The van der Waals surface area contributed by atoms with Gasteiger partial charge in [-0.1, -0.05) is 31.5 Å². The van der Waals surface area contributed by atoms with Crippen LogP contribution in [0.5, 0.6) is 11.5 Å². The number of rotatable bonds is 2. The second kappa shape index (κ2) is 7.04. The summed E-state index contributed by atoms with van der Waals surface area (Å²) in [4.78, 5) is 12.1. The lowest BCUT2D eigenvalue weighted by Crippen LogP contribution is -2.15. The van der Waals surface area contributed by atoms with Crippen molar-refractivity contribution in [2.24, 2.45) is 0 Å². The number of aromatic nitrogens is 3. The van der Waals surface area contributed by atoms with E-state index in [0.29, 0.717) is 16.8 Å². The van der Waals surface area contributed by atoms with Gasteiger partial charge in [0.1, 0.15) is 11.5 Å². The molecule has 0 radical (unpaired) electrons. The summed E-state index contributed by atoms with van der Waals surface area (Å²) in [6, 6.07) is 10.2. The quantitative estimate of drug-likeness (QED) is 0.673. The van der Waals surface area contributed by atoms with Crippen LogP contribution in [0.15, 0.2) is 41.2 Å². The van der Waals surface area contributed by atoms with E-state index >= 15 is 0 Å². The topological polar surface area (TPSA) is 91.1 Å². The minimum absolute atomic E-state index is 0.0129. The van der Waals surface area contributed by atoms with Gasteiger partial charge in [-0.15, -0.1) is 0 Å². The lowest BCUT2D eigenvalue weighted by Gasteiger charge is -2.09. The highest BCUT2D eigenvalue weighted by Crippen LogP contribution is 2.33. The Hall–Kier alpha value is -3.02. The molecule has 0 bridgehead atoms. The van der Waals surface area contributed by atoms with E-state index in [9.17, 15) is 15.0 Å². The molecule has 3 rings (SSSR count). The van der Waals surface area contributed by atoms with Gasteiger partial charge in [-0.2, -0.15) is 5.10 Å². The number of phenols is 2. The smallest absolute Gasteiger partial charge is 0.348 e. The first kappa shape index (κ1) is 17.3. The Morgan fingerprint density at radius 3 is 2.25 bits per heavy atom. The molecule has 2 aromatic carbocycles. The van der Waals surface area contributed by atoms with Crippen LogP contribution in [0.1, 0.15) is 25.0 Å². The van der Waals surface area contributed by atoms with Crippen LogP contribution in [-0.4, -0.2) is 25.0 Å². The number of nitrogens with zero attached hydrogens (tertiary/aromatic N) is 2. The van der Waals surface area contributed by atoms with Crippen molar-refractivity contribution in [2.75, 3.05) is 0 Å². The monoisotopic (exact) mass is 327 g/mol. The van der Waals surface area contributed by atoms with E-state index in [1.54, 1.807) is 25.1 Å². The summed E-state index contributed by atoms with van der Waals surface area (Å²) in [7, 11) is 0. The third kappa shape index (κ3) is 3.17. The van der Waals surface area contributed by atoms with Crippen LogP contribution >= 0.6 is 0 Å². The molecule has 6 heteroatoms. The highest BCUT2D eigenvalue weighted by molar-refractivity contribution is 5.68. The molecule has 0 atom stereocenters. The molecule has 0 aliphatic carbocycles. The number of aromatic amines is 1. The van der Waals surface area contributed by atoms with Gasteiger partial charge in [0.25, 0.3) is 0 Å². The van der Waals surface area contributed by atoms with Gasteiger partial charge in [-0.05, 0) is 37.6 Å². The Labute approximate surface area is 140 Å². The number of benzene rings is 2. The van der Waals surface area contributed by atoms with Gasteiger partial charge in [-0.3, -0.25) is 0 Å². The first-order valence-corrected chi connectivity index (χ1v) is 7.75. The molecule has 0 unspecified atom stereocenters. The Balaban J connectivity index is 0.00000100. The summed E-state index contributed by atoms with van der Waals surface area (Å²) in [6.07, 6.45) is 0. The van der Waals surface area contributed by atoms with Crippen molar-refractivity contribution < 1.29 is 10.2 Å². The fraction of sp³-hybridized carbons (Fsp3) is 0.222. The van der Waals surface area contributed by atoms with Crippen molar-refractivity contribution in [2.45, 2.75) is 27.7 Å². The standard InChI is InChI=1S/C16H15N3O3.C2H6/c1-9-3-5-11(6-4-9)19-15(17-18-16(19)22)12-7-10(2)13(20)8-14(12)21;1-2/h3-8,20-21H,1-2H3,(H,18,22);1-2H3. The zero-order chi connectivity index (χ0) is 17.9. The molecule has 0 fully saturated rings.